The standard InChI is InChI=1S/C15H19N3O2/c1-2-14-13-11-12(1)16-5-7-19-9-10-20-8-6-18-15(13)3-4-17-14/h1-4,11,16,18H,5-10H2. The molecule has 1 aliphatic rings. The van der Waals surface area contributed by atoms with Gasteiger partial charge in [0.05, 0.1) is 31.9 Å². The fourth-order valence-electron chi connectivity index (χ4n) is 2.26. The maximum absolute atomic E-state index is 5.51. The van der Waals surface area contributed by atoms with E-state index >= 15 is 0 Å². The first kappa shape index (κ1) is 13.1. The SMILES string of the molecule is c1cc2c3cc(ccc3n1)NCCOCCOCCN2. The molecule has 1 aliphatic heterocycles. The molecule has 1 aromatic heterocycles. The van der Waals surface area contributed by atoms with E-state index in [-0.39, 0.29) is 0 Å². The van der Waals surface area contributed by atoms with Crippen molar-refractivity contribution < 1.29 is 9.47 Å². The van der Waals surface area contributed by atoms with Gasteiger partial charge in [0, 0.05) is 36.0 Å². The van der Waals surface area contributed by atoms with Gasteiger partial charge >= 0.3 is 0 Å². The third kappa shape index (κ3) is 3.18. The molecule has 0 fully saturated rings. The highest BCUT2D eigenvalue weighted by Crippen LogP contribution is 2.24. The zero-order valence-electron chi connectivity index (χ0n) is 11.4. The summed E-state index contributed by atoms with van der Waals surface area (Å²) in [6, 6.07) is 8.21. The van der Waals surface area contributed by atoms with Gasteiger partial charge in [-0.2, -0.15) is 0 Å². The van der Waals surface area contributed by atoms with Crippen LogP contribution in [-0.4, -0.2) is 44.5 Å². The molecule has 0 saturated carbocycles. The van der Waals surface area contributed by atoms with E-state index in [0.29, 0.717) is 26.4 Å². The summed E-state index contributed by atoms with van der Waals surface area (Å²) in [5, 5.41) is 7.88. The summed E-state index contributed by atoms with van der Waals surface area (Å²) < 4.78 is 11.0. The molecule has 3 rings (SSSR count). The molecule has 5 heteroatoms. The summed E-state index contributed by atoms with van der Waals surface area (Å²) >= 11 is 0. The molecule has 2 bridgehead atoms. The number of nitrogens with one attached hydrogen (secondary N) is 2. The third-order valence-electron chi connectivity index (χ3n) is 3.25. The molecule has 1 aromatic carbocycles. The van der Waals surface area contributed by atoms with Crippen LogP contribution < -0.4 is 10.6 Å². The summed E-state index contributed by atoms with van der Waals surface area (Å²) in [4.78, 5) is 4.40. The predicted molar refractivity (Wildman–Crippen MR) is 80.4 cm³/mol. The summed E-state index contributed by atoms with van der Waals surface area (Å²) in [7, 11) is 0. The fourth-order valence-corrected chi connectivity index (χ4v) is 2.26. The first-order valence-electron chi connectivity index (χ1n) is 6.95. The molecular weight excluding hydrogens is 254 g/mol. The Balaban J connectivity index is 1.88. The lowest BCUT2D eigenvalue weighted by molar-refractivity contribution is 0.0557. The average Bonchev–Trinajstić information content (AvgIpc) is 2.49. The van der Waals surface area contributed by atoms with Crippen molar-refractivity contribution in [2.24, 2.45) is 0 Å². The number of ether oxygens (including phenoxy) is 2. The number of rotatable bonds is 0. The molecule has 106 valence electrons. The van der Waals surface area contributed by atoms with E-state index < -0.39 is 0 Å². The number of hydrogen-bond donors (Lipinski definition) is 2. The quantitative estimate of drug-likeness (QED) is 0.770. The highest BCUT2D eigenvalue weighted by Gasteiger charge is 2.04. The zero-order valence-corrected chi connectivity index (χ0v) is 11.4. The van der Waals surface area contributed by atoms with Crippen molar-refractivity contribution in [1.82, 2.24) is 4.98 Å². The number of aromatic nitrogens is 1. The van der Waals surface area contributed by atoms with Gasteiger partial charge in [-0.25, -0.2) is 0 Å². The van der Waals surface area contributed by atoms with Crippen LogP contribution in [0.4, 0.5) is 11.4 Å². The van der Waals surface area contributed by atoms with Crippen LogP contribution in [0.5, 0.6) is 0 Å². The van der Waals surface area contributed by atoms with Gasteiger partial charge in [0.25, 0.3) is 0 Å². The highest BCUT2D eigenvalue weighted by atomic mass is 16.5. The Labute approximate surface area is 118 Å². The average molecular weight is 273 g/mol. The van der Waals surface area contributed by atoms with Gasteiger partial charge < -0.3 is 20.1 Å². The first-order valence-corrected chi connectivity index (χ1v) is 6.95. The van der Waals surface area contributed by atoms with Gasteiger partial charge in [-0.05, 0) is 24.3 Å². The van der Waals surface area contributed by atoms with Crippen molar-refractivity contribution in [2.45, 2.75) is 0 Å². The van der Waals surface area contributed by atoms with Crippen molar-refractivity contribution in [3.05, 3.63) is 30.5 Å². The van der Waals surface area contributed by atoms with Gasteiger partial charge in [-0.1, -0.05) is 0 Å². The van der Waals surface area contributed by atoms with E-state index in [2.05, 4.69) is 21.7 Å². The smallest absolute Gasteiger partial charge is 0.0724 e. The number of nitrogens with zero attached hydrogens (tertiary/aromatic N) is 1. The Kier molecular flexibility index (Phi) is 4.30. The summed E-state index contributed by atoms with van der Waals surface area (Å²) in [6.45, 7) is 4.19. The Bertz CT molecular complexity index is 574. The van der Waals surface area contributed by atoms with E-state index in [4.69, 9.17) is 9.47 Å². The van der Waals surface area contributed by atoms with Gasteiger partial charge in [-0.15, -0.1) is 0 Å². The summed E-state index contributed by atoms with van der Waals surface area (Å²) in [6.07, 6.45) is 1.83. The Morgan fingerprint density at radius 1 is 0.900 bits per heavy atom. The largest absolute Gasteiger partial charge is 0.383 e. The first-order chi connectivity index (χ1) is 9.93. The molecule has 0 aliphatic carbocycles. The molecule has 0 saturated heterocycles. The Morgan fingerprint density at radius 3 is 2.55 bits per heavy atom. The minimum absolute atomic E-state index is 0.638. The van der Waals surface area contributed by atoms with E-state index in [1.807, 2.05) is 24.4 Å². The molecule has 20 heavy (non-hydrogen) atoms. The van der Waals surface area contributed by atoms with Crippen LogP contribution in [-0.2, 0) is 9.47 Å². The molecule has 0 unspecified atom stereocenters. The molecule has 0 atom stereocenters. The van der Waals surface area contributed by atoms with Crippen molar-refractivity contribution in [3.63, 3.8) is 0 Å². The van der Waals surface area contributed by atoms with Crippen LogP contribution in [0.3, 0.4) is 0 Å². The van der Waals surface area contributed by atoms with Crippen LogP contribution in [0, 0.1) is 0 Å². The maximum Gasteiger partial charge on any atom is 0.0724 e. The molecule has 5 nitrogen and oxygen atoms in total. The lowest BCUT2D eigenvalue weighted by Gasteiger charge is -2.13. The molecule has 0 spiro atoms. The van der Waals surface area contributed by atoms with Crippen molar-refractivity contribution >= 4 is 22.3 Å². The van der Waals surface area contributed by atoms with Crippen LogP contribution in [0.2, 0.25) is 0 Å². The van der Waals surface area contributed by atoms with E-state index in [9.17, 15) is 0 Å². The minimum Gasteiger partial charge on any atom is -0.383 e. The number of pyridine rings is 1. The van der Waals surface area contributed by atoms with Crippen molar-refractivity contribution in [1.29, 1.82) is 0 Å². The Hall–Kier alpha value is -1.85. The Morgan fingerprint density at radius 2 is 1.70 bits per heavy atom. The second-order valence-electron chi connectivity index (χ2n) is 4.67. The highest BCUT2D eigenvalue weighted by molar-refractivity contribution is 5.93. The lowest BCUT2D eigenvalue weighted by Crippen LogP contribution is -2.16. The van der Waals surface area contributed by atoms with Crippen molar-refractivity contribution in [3.8, 4) is 0 Å². The van der Waals surface area contributed by atoms with Crippen LogP contribution in [0.15, 0.2) is 30.5 Å². The van der Waals surface area contributed by atoms with Gasteiger partial charge in [0.1, 0.15) is 0 Å². The number of hydrogen-bond acceptors (Lipinski definition) is 5. The van der Waals surface area contributed by atoms with Crippen LogP contribution in [0.25, 0.3) is 10.9 Å². The van der Waals surface area contributed by atoms with Crippen molar-refractivity contribution in [2.75, 3.05) is 50.2 Å². The van der Waals surface area contributed by atoms with E-state index in [1.165, 1.54) is 0 Å². The number of anilines is 2. The maximum atomic E-state index is 5.51. The predicted octanol–water partition coefficient (Wildman–Crippen LogP) is 2.11. The summed E-state index contributed by atoms with van der Waals surface area (Å²) in [5.41, 5.74) is 3.17. The topological polar surface area (TPSA) is 55.4 Å². The number of benzene rings is 1. The van der Waals surface area contributed by atoms with E-state index in [1.54, 1.807) is 0 Å². The second kappa shape index (κ2) is 6.54. The number of fused-ring (bicyclic) bond motifs is 1. The second-order valence-corrected chi connectivity index (χ2v) is 4.67. The van der Waals surface area contributed by atoms with Crippen LogP contribution >= 0.6 is 0 Å². The molecule has 2 N–H and O–H groups in total. The monoisotopic (exact) mass is 273 g/mol. The normalized spacial score (nSPS) is 17.2. The zero-order chi connectivity index (χ0) is 13.6. The van der Waals surface area contributed by atoms with Gasteiger partial charge in [-0.3, -0.25) is 4.98 Å². The molecule has 0 radical (unpaired) electrons. The van der Waals surface area contributed by atoms with Gasteiger partial charge in [0.15, 0.2) is 0 Å². The van der Waals surface area contributed by atoms with Crippen LogP contribution in [0.1, 0.15) is 0 Å². The molecular formula is C15H19N3O2. The van der Waals surface area contributed by atoms with E-state index in [0.717, 1.165) is 35.4 Å². The third-order valence-corrected chi connectivity index (χ3v) is 3.25. The molecule has 2 heterocycles. The summed E-state index contributed by atoms with van der Waals surface area (Å²) in [5.74, 6) is 0. The minimum atomic E-state index is 0.638. The fraction of sp³-hybridized carbons (Fsp3) is 0.400. The van der Waals surface area contributed by atoms with Gasteiger partial charge in [0.2, 0.25) is 0 Å². The lowest BCUT2D eigenvalue weighted by atomic mass is 10.1. The molecule has 0 amide bonds. The molecule has 2 aromatic rings.